The van der Waals surface area contributed by atoms with Crippen molar-refractivity contribution in [1.82, 2.24) is 0 Å². The first kappa shape index (κ1) is 14.7. The highest BCUT2D eigenvalue weighted by Crippen LogP contribution is 2.36. The zero-order valence-corrected chi connectivity index (χ0v) is 12.8. The standard InChI is InChI=1S/C11H17BO2S.C2H6/c1-8-6-7-9(15-8)12-13-10(2,3)11(4,5)14-12;1-2/h6-7H,1-5H3;1-2H3. The first-order valence-electron chi connectivity index (χ1n) is 6.24. The predicted molar refractivity (Wildman–Crippen MR) is 76.1 cm³/mol. The van der Waals surface area contributed by atoms with Crippen molar-refractivity contribution in [2.24, 2.45) is 0 Å². The monoisotopic (exact) mass is 254 g/mol. The molecule has 96 valence electrons. The summed E-state index contributed by atoms with van der Waals surface area (Å²) in [4.78, 5) is 1.29. The normalized spacial score (nSPS) is 21.0. The van der Waals surface area contributed by atoms with Gasteiger partial charge in [0.25, 0.3) is 0 Å². The van der Waals surface area contributed by atoms with Gasteiger partial charge >= 0.3 is 7.12 Å². The lowest BCUT2D eigenvalue weighted by atomic mass is 9.88. The maximum atomic E-state index is 5.95. The van der Waals surface area contributed by atoms with Gasteiger partial charge in [0, 0.05) is 9.65 Å². The topological polar surface area (TPSA) is 18.5 Å². The maximum Gasteiger partial charge on any atom is 0.505 e. The first-order chi connectivity index (χ1) is 7.82. The van der Waals surface area contributed by atoms with Crippen LogP contribution in [-0.2, 0) is 9.31 Å². The summed E-state index contributed by atoms with van der Waals surface area (Å²) in [5.74, 6) is 0. The summed E-state index contributed by atoms with van der Waals surface area (Å²) in [6.07, 6.45) is 0. The minimum Gasteiger partial charge on any atom is -0.399 e. The minimum absolute atomic E-state index is 0.200. The van der Waals surface area contributed by atoms with Gasteiger partial charge in [-0.3, -0.25) is 0 Å². The van der Waals surface area contributed by atoms with E-state index in [2.05, 4.69) is 46.8 Å². The van der Waals surface area contributed by atoms with Crippen LogP contribution < -0.4 is 4.78 Å². The Bertz CT molecular complexity index is 355. The molecule has 0 aromatic carbocycles. The van der Waals surface area contributed by atoms with E-state index in [9.17, 15) is 0 Å². The van der Waals surface area contributed by atoms with Crippen molar-refractivity contribution in [2.75, 3.05) is 0 Å². The zero-order chi connectivity index (χ0) is 13.3. The summed E-state index contributed by atoms with van der Waals surface area (Å²) >= 11 is 1.74. The van der Waals surface area contributed by atoms with Crippen LogP contribution in [0.25, 0.3) is 0 Å². The molecule has 2 nitrogen and oxygen atoms in total. The van der Waals surface area contributed by atoms with Crippen LogP contribution in [0.2, 0.25) is 0 Å². The molecule has 0 spiro atoms. The lowest BCUT2D eigenvalue weighted by Gasteiger charge is -2.32. The Balaban J connectivity index is 0.000000686. The summed E-state index contributed by atoms with van der Waals surface area (Å²) in [5, 5.41) is 0. The molecule has 0 saturated carbocycles. The molecule has 1 aliphatic rings. The molecule has 1 aliphatic heterocycles. The largest absolute Gasteiger partial charge is 0.505 e. The maximum absolute atomic E-state index is 5.95. The van der Waals surface area contributed by atoms with Crippen LogP contribution in [0.3, 0.4) is 0 Å². The molecule has 0 N–H and O–H groups in total. The van der Waals surface area contributed by atoms with Crippen molar-refractivity contribution in [3.8, 4) is 0 Å². The van der Waals surface area contributed by atoms with Crippen molar-refractivity contribution in [2.45, 2.75) is 59.7 Å². The zero-order valence-electron chi connectivity index (χ0n) is 12.0. The molecule has 2 rings (SSSR count). The number of thiophene rings is 1. The summed E-state index contributed by atoms with van der Waals surface area (Å²) in [6, 6.07) is 4.19. The fourth-order valence-corrected chi connectivity index (χ4v) is 2.38. The van der Waals surface area contributed by atoms with Gasteiger partial charge < -0.3 is 9.31 Å². The van der Waals surface area contributed by atoms with E-state index in [1.807, 2.05) is 13.8 Å². The Morgan fingerprint density at radius 1 is 1.00 bits per heavy atom. The minimum atomic E-state index is -0.241. The molecule has 0 aliphatic carbocycles. The molecule has 4 heteroatoms. The predicted octanol–water partition coefficient (Wildman–Crippen LogP) is 3.38. The third kappa shape index (κ3) is 2.93. The van der Waals surface area contributed by atoms with Crippen LogP contribution in [-0.4, -0.2) is 18.3 Å². The molecular weight excluding hydrogens is 231 g/mol. The highest BCUT2D eigenvalue weighted by Gasteiger charge is 2.52. The third-order valence-corrected chi connectivity index (χ3v) is 4.27. The second kappa shape index (κ2) is 5.13. The number of rotatable bonds is 1. The molecule has 17 heavy (non-hydrogen) atoms. The molecule has 0 bridgehead atoms. The molecule has 1 aromatic heterocycles. The molecule has 0 amide bonds. The summed E-state index contributed by atoms with van der Waals surface area (Å²) in [7, 11) is -0.200. The van der Waals surface area contributed by atoms with Gasteiger partial charge in [0.05, 0.1) is 11.2 Å². The van der Waals surface area contributed by atoms with Gasteiger partial charge in [-0.05, 0) is 40.7 Å². The van der Waals surface area contributed by atoms with E-state index < -0.39 is 0 Å². The van der Waals surface area contributed by atoms with Gasteiger partial charge in [0.2, 0.25) is 0 Å². The number of hydrogen-bond donors (Lipinski definition) is 0. The van der Waals surface area contributed by atoms with E-state index in [-0.39, 0.29) is 18.3 Å². The highest BCUT2D eigenvalue weighted by atomic mass is 32.1. The van der Waals surface area contributed by atoms with Crippen LogP contribution in [0.15, 0.2) is 12.1 Å². The number of hydrogen-bond acceptors (Lipinski definition) is 3. The van der Waals surface area contributed by atoms with Crippen molar-refractivity contribution >= 4 is 23.2 Å². The quantitative estimate of drug-likeness (QED) is 0.715. The third-order valence-electron chi connectivity index (χ3n) is 3.25. The lowest BCUT2D eigenvalue weighted by molar-refractivity contribution is 0.00578. The van der Waals surface area contributed by atoms with E-state index in [1.54, 1.807) is 11.3 Å². The van der Waals surface area contributed by atoms with Crippen LogP contribution >= 0.6 is 11.3 Å². The Morgan fingerprint density at radius 3 is 1.82 bits per heavy atom. The van der Waals surface area contributed by atoms with Crippen molar-refractivity contribution in [3.05, 3.63) is 17.0 Å². The van der Waals surface area contributed by atoms with E-state index in [0.29, 0.717) is 0 Å². The van der Waals surface area contributed by atoms with Crippen molar-refractivity contribution in [3.63, 3.8) is 0 Å². The van der Waals surface area contributed by atoms with E-state index >= 15 is 0 Å². The molecule has 0 unspecified atom stereocenters. The van der Waals surface area contributed by atoms with Gasteiger partial charge in [-0.25, -0.2) is 0 Å². The van der Waals surface area contributed by atoms with Crippen LogP contribution in [0.5, 0.6) is 0 Å². The van der Waals surface area contributed by atoms with E-state index in [0.717, 1.165) is 4.78 Å². The summed E-state index contributed by atoms with van der Waals surface area (Å²) in [6.45, 7) is 14.4. The second-order valence-corrected chi connectivity index (χ2v) is 6.36. The fraction of sp³-hybridized carbons (Fsp3) is 0.692. The summed E-state index contributed by atoms with van der Waals surface area (Å²) in [5.41, 5.74) is -0.481. The second-order valence-electron chi connectivity index (χ2n) is 5.04. The van der Waals surface area contributed by atoms with Gasteiger partial charge in [-0.2, -0.15) is 0 Å². The molecule has 2 heterocycles. The molecule has 1 fully saturated rings. The molecule has 1 aromatic rings. The average Bonchev–Trinajstić information content (AvgIpc) is 2.73. The molecule has 1 saturated heterocycles. The van der Waals surface area contributed by atoms with Crippen molar-refractivity contribution in [1.29, 1.82) is 0 Å². The summed E-state index contributed by atoms with van der Waals surface area (Å²) < 4.78 is 13.1. The lowest BCUT2D eigenvalue weighted by Crippen LogP contribution is -2.41. The van der Waals surface area contributed by atoms with E-state index in [1.165, 1.54) is 4.88 Å². The van der Waals surface area contributed by atoms with E-state index in [4.69, 9.17) is 9.31 Å². The van der Waals surface area contributed by atoms with Gasteiger partial charge in [0.15, 0.2) is 0 Å². The fourth-order valence-electron chi connectivity index (χ4n) is 1.54. The van der Waals surface area contributed by atoms with Crippen LogP contribution in [0, 0.1) is 6.92 Å². The Hall–Kier alpha value is -0.315. The van der Waals surface area contributed by atoms with Crippen LogP contribution in [0.1, 0.15) is 46.4 Å². The van der Waals surface area contributed by atoms with Gasteiger partial charge in [-0.15, -0.1) is 11.3 Å². The molecular formula is C13H23BO2S. The Kier molecular flexibility index (Phi) is 4.45. The Labute approximate surface area is 109 Å². The SMILES string of the molecule is CC.Cc1ccc(B2OC(C)(C)C(C)(C)O2)s1. The smallest absolute Gasteiger partial charge is 0.399 e. The van der Waals surface area contributed by atoms with Gasteiger partial charge in [-0.1, -0.05) is 19.9 Å². The first-order valence-corrected chi connectivity index (χ1v) is 7.05. The van der Waals surface area contributed by atoms with Gasteiger partial charge in [0.1, 0.15) is 0 Å². The Morgan fingerprint density at radius 2 is 1.47 bits per heavy atom. The highest BCUT2D eigenvalue weighted by molar-refractivity contribution is 7.22. The van der Waals surface area contributed by atoms with Crippen LogP contribution in [0.4, 0.5) is 0 Å². The molecule has 0 radical (unpaired) electrons. The molecule has 0 atom stereocenters. The van der Waals surface area contributed by atoms with Crippen molar-refractivity contribution < 1.29 is 9.31 Å². The average molecular weight is 254 g/mol. The number of aryl methyl sites for hydroxylation is 1.